The van der Waals surface area contributed by atoms with Gasteiger partial charge in [-0.25, -0.2) is 0 Å². The van der Waals surface area contributed by atoms with E-state index in [1.165, 1.54) is 5.56 Å². The molecule has 0 fully saturated rings. The third kappa shape index (κ3) is 5.68. The average Bonchev–Trinajstić information content (AvgIpc) is 2.45. The fraction of sp³-hybridized carbons (Fsp3) is 0.588. The van der Waals surface area contributed by atoms with Crippen LogP contribution in [0.3, 0.4) is 0 Å². The molecular formula is C17H27NOS. The molecule has 20 heavy (non-hydrogen) atoms. The summed E-state index contributed by atoms with van der Waals surface area (Å²) < 4.78 is 0. The molecule has 112 valence electrons. The molecule has 0 bridgehead atoms. The molecule has 0 aliphatic heterocycles. The van der Waals surface area contributed by atoms with Crippen LogP contribution in [0.5, 0.6) is 0 Å². The van der Waals surface area contributed by atoms with E-state index in [0.29, 0.717) is 12.6 Å². The van der Waals surface area contributed by atoms with Gasteiger partial charge in [0.25, 0.3) is 0 Å². The van der Waals surface area contributed by atoms with Gasteiger partial charge in [-0.15, -0.1) is 0 Å². The smallest absolute Gasteiger partial charge is 0.176 e. The zero-order valence-electron chi connectivity index (χ0n) is 13.2. The minimum atomic E-state index is 0.214. The molecule has 0 saturated carbocycles. The lowest BCUT2D eigenvalue weighted by atomic mass is 10.0. The van der Waals surface area contributed by atoms with Crippen LogP contribution in [0, 0.1) is 0 Å². The van der Waals surface area contributed by atoms with Crippen molar-refractivity contribution in [1.82, 2.24) is 4.90 Å². The number of likely N-dealkylation sites (N-methyl/N-ethyl adjacent to an activating group) is 1. The SMILES string of the molecule is CCCc1ccc(C(=O)CN(C)C(C)CCSC)cc1. The van der Waals surface area contributed by atoms with Crippen molar-refractivity contribution in [3.05, 3.63) is 35.4 Å². The maximum Gasteiger partial charge on any atom is 0.176 e. The number of benzene rings is 1. The van der Waals surface area contributed by atoms with Gasteiger partial charge in [0.05, 0.1) is 6.54 Å². The van der Waals surface area contributed by atoms with Gasteiger partial charge >= 0.3 is 0 Å². The van der Waals surface area contributed by atoms with Gasteiger partial charge in [0.1, 0.15) is 0 Å². The summed E-state index contributed by atoms with van der Waals surface area (Å²) in [5.74, 6) is 1.36. The molecule has 3 heteroatoms. The van der Waals surface area contributed by atoms with Gasteiger partial charge in [-0.1, -0.05) is 37.6 Å². The molecule has 2 nitrogen and oxygen atoms in total. The summed E-state index contributed by atoms with van der Waals surface area (Å²) in [6.45, 7) is 4.86. The van der Waals surface area contributed by atoms with E-state index in [1.807, 2.05) is 30.9 Å². The molecule has 0 saturated heterocycles. The summed E-state index contributed by atoms with van der Waals surface area (Å²) in [5, 5.41) is 0. The summed E-state index contributed by atoms with van der Waals surface area (Å²) in [7, 11) is 2.04. The van der Waals surface area contributed by atoms with Crippen LogP contribution >= 0.6 is 11.8 Å². The van der Waals surface area contributed by atoms with Crippen LogP contribution in [0.25, 0.3) is 0 Å². The Labute approximate surface area is 127 Å². The zero-order valence-corrected chi connectivity index (χ0v) is 14.0. The highest BCUT2D eigenvalue weighted by Crippen LogP contribution is 2.10. The summed E-state index contributed by atoms with van der Waals surface area (Å²) in [6, 6.07) is 8.54. The molecule has 0 aliphatic rings. The molecule has 1 atom stereocenters. The number of hydrogen-bond donors (Lipinski definition) is 0. The number of nitrogens with zero attached hydrogens (tertiary/aromatic N) is 1. The zero-order chi connectivity index (χ0) is 15.0. The largest absolute Gasteiger partial charge is 0.296 e. The Bertz CT molecular complexity index is 402. The van der Waals surface area contributed by atoms with Crippen molar-refractivity contribution in [3.63, 3.8) is 0 Å². The van der Waals surface area contributed by atoms with Gasteiger partial charge in [-0.2, -0.15) is 11.8 Å². The molecule has 0 N–H and O–H groups in total. The molecule has 1 rings (SSSR count). The van der Waals surface area contributed by atoms with Crippen molar-refractivity contribution >= 4 is 17.5 Å². The summed E-state index contributed by atoms with van der Waals surface area (Å²) in [4.78, 5) is 14.4. The minimum absolute atomic E-state index is 0.214. The van der Waals surface area contributed by atoms with Crippen molar-refractivity contribution in [3.8, 4) is 0 Å². The van der Waals surface area contributed by atoms with E-state index in [1.54, 1.807) is 0 Å². The van der Waals surface area contributed by atoms with Crippen LogP contribution in [0.1, 0.15) is 42.6 Å². The van der Waals surface area contributed by atoms with E-state index in [0.717, 1.165) is 30.6 Å². The lowest BCUT2D eigenvalue weighted by Crippen LogP contribution is -2.34. The van der Waals surface area contributed by atoms with E-state index in [4.69, 9.17) is 0 Å². The summed E-state index contributed by atoms with van der Waals surface area (Å²) >= 11 is 1.86. The Morgan fingerprint density at radius 2 is 1.95 bits per heavy atom. The fourth-order valence-corrected chi connectivity index (χ4v) is 2.71. The lowest BCUT2D eigenvalue weighted by Gasteiger charge is -2.23. The highest BCUT2D eigenvalue weighted by atomic mass is 32.2. The Morgan fingerprint density at radius 1 is 1.30 bits per heavy atom. The molecule has 0 heterocycles. The average molecular weight is 293 g/mol. The first-order valence-electron chi connectivity index (χ1n) is 7.39. The molecule has 1 aromatic rings. The van der Waals surface area contributed by atoms with Gasteiger partial charge in [0.2, 0.25) is 0 Å². The van der Waals surface area contributed by atoms with Gasteiger partial charge in [0, 0.05) is 11.6 Å². The van der Waals surface area contributed by atoms with Crippen LogP contribution in [0.2, 0.25) is 0 Å². The maximum atomic E-state index is 12.3. The molecule has 1 unspecified atom stereocenters. The summed E-state index contributed by atoms with van der Waals surface area (Å²) in [5.41, 5.74) is 2.14. The second kappa shape index (κ2) is 9.19. The molecule has 0 spiro atoms. The highest BCUT2D eigenvalue weighted by molar-refractivity contribution is 7.98. The number of ketones is 1. The van der Waals surface area contributed by atoms with E-state index in [2.05, 4.69) is 37.1 Å². The first-order valence-corrected chi connectivity index (χ1v) is 8.79. The van der Waals surface area contributed by atoms with Crippen molar-refractivity contribution < 1.29 is 4.79 Å². The van der Waals surface area contributed by atoms with Crippen molar-refractivity contribution in [2.45, 2.75) is 39.2 Å². The standard InChI is InChI=1S/C17H27NOS/c1-5-6-15-7-9-16(10-8-15)17(19)13-18(3)14(2)11-12-20-4/h7-10,14H,5-6,11-13H2,1-4H3. The predicted molar refractivity (Wildman–Crippen MR) is 89.9 cm³/mol. The second-order valence-corrected chi connectivity index (χ2v) is 6.40. The first kappa shape index (κ1) is 17.3. The molecule has 0 aromatic heterocycles. The maximum absolute atomic E-state index is 12.3. The number of Topliss-reactive ketones (excluding diaryl/α,β-unsaturated/α-hetero) is 1. The quantitative estimate of drug-likeness (QED) is 0.644. The highest BCUT2D eigenvalue weighted by Gasteiger charge is 2.14. The van der Waals surface area contributed by atoms with Crippen molar-refractivity contribution in [1.29, 1.82) is 0 Å². The number of carbonyl (C=O) groups excluding carboxylic acids is 1. The van der Waals surface area contributed by atoms with E-state index < -0.39 is 0 Å². The van der Waals surface area contributed by atoms with Gasteiger partial charge in [-0.05, 0) is 44.4 Å². The minimum Gasteiger partial charge on any atom is -0.296 e. The Kier molecular flexibility index (Phi) is 7.93. The van der Waals surface area contributed by atoms with E-state index in [9.17, 15) is 4.79 Å². The topological polar surface area (TPSA) is 20.3 Å². The van der Waals surface area contributed by atoms with Crippen LogP contribution in [0.15, 0.2) is 24.3 Å². The molecule has 0 aliphatic carbocycles. The van der Waals surface area contributed by atoms with Gasteiger partial charge in [-0.3, -0.25) is 9.69 Å². The monoisotopic (exact) mass is 293 g/mol. The van der Waals surface area contributed by atoms with Crippen molar-refractivity contribution in [2.24, 2.45) is 0 Å². The predicted octanol–water partition coefficient (Wildman–Crippen LogP) is 3.90. The van der Waals surface area contributed by atoms with E-state index >= 15 is 0 Å². The second-order valence-electron chi connectivity index (χ2n) is 5.42. The number of aryl methyl sites for hydroxylation is 1. The van der Waals surface area contributed by atoms with E-state index in [-0.39, 0.29) is 5.78 Å². The molecule has 1 aromatic carbocycles. The third-order valence-corrected chi connectivity index (χ3v) is 4.34. The summed E-state index contributed by atoms with van der Waals surface area (Å²) in [6.07, 6.45) is 5.47. The Morgan fingerprint density at radius 3 is 2.50 bits per heavy atom. The van der Waals surface area contributed by atoms with Gasteiger partial charge < -0.3 is 0 Å². The fourth-order valence-electron chi connectivity index (χ4n) is 2.13. The molecule has 0 amide bonds. The van der Waals surface area contributed by atoms with Crippen LogP contribution in [-0.4, -0.2) is 42.3 Å². The number of carbonyl (C=O) groups is 1. The lowest BCUT2D eigenvalue weighted by molar-refractivity contribution is 0.0923. The Balaban J connectivity index is 2.52. The van der Waals surface area contributed by atoms with Crippen LogP contribution in [-0.2, 0) is 6.42 Å². The number of rotatable bonds is 9. The molecule has 0 radical (unpaired) electrons. The first-order chi connectivity index (χ1) is 9.58. The third-order valence-electron chi connectivity index (χ3n) is 3.70. The van der Waals surface area contributed by atoms with Crippen LogP contribution in [0.4, 0.5) is 0 Å². The Hall–Kier alpha value is -0.800. The van der Waals surface area contributed by atoms with Gasteiger partial charge in [0.15, 0.2) is 5.78 Å². The number of thioether (sulfide) groups is 1. The van der Waals surface area contributed by atoms with Crippen molar-refractivity contribution in [2.75, 3.05) is 25.6 Å². The van der Waals surface area contributed by atoms with Crippen LogP contribution < -0.4 is 0 Å². The number of hydrogen-bond acceptors (Lipinski definition) is 3. The molecular weight excluding hydrogens is 266 g/mol. The normalized spacial score (nSPS) is 12.7.